The molecule has 1 rings (SSSR count). The summed E-state index contributed by atoms with van der Waals surface area (Å²) >= 11 is 1.69. The number of phenols is 1. The van der Waals surface area contributed by atoms with Crippen LogP contribution < -0.4 is 5.11 Å². The molecule has 0 aliphatic heterocycles. The van der Waals surface area contributed by atoms with Crippen molar-refractivity contribution in [3.63, 3.8) is 0 Å². The van der Waals surface area contributed by atoms with Crippen LogP contribution >= 0.6 is 22.6 Å². The fourth-order valence-corrected chi connectivity index (χ4v) is 1.72. The second kappa shape index (κ2) is 4.43. The van der Waals surface area contributed by atoms with Gasteiger partial charge in [0, 0.05) is 18.5 Å². The summed E-state index contributed by atoms with van der Waals surface area (Å²) in [6.07, 6.45) is -0.420. The summed E-state index contributed by atoms with van der Waals surface area (Å²) in [5, 5.41) is 30.1. The van der Waals surface area contributed by atoms with Gasteiger partial charge in [0.05, 0.1) is 8.49 Å². The Morgan fingerprint density at radius 2 is 2.13 bits per heavy atom. The van der Waals surface area contributed by atoms with E-state index in [1.807, 2.05) is 0 Å². The van der Waals surface area contributed by atoms with Crippen molar-refractivity contribution >= 4 is 34.2 Å². The van der Waals surface area contributed by atoms with E-state index in [1.165, 1.54) is 6.07 Å². The minimum absolute atomic E-state index is 0.226. The smallest absolute Gasteiger partial charge is 0.312 e. The second-order valence-corrected chi connectivity index (χ2v) is 3.91. The lowest BCUT2D eigenvalue weighted by atomic mass is 10.1. The fourth-order valence-electron chi connectivity index (χ4n) is 1.05. The molecule has 6 nitrogen and oxygen atoms in total. The number of rotatable bonds is 3. The van der Waals surface area contributed by atoms with Crippen molar-refractivity contribution in [3.8, 4) is 5.75 Å². The van der Waals surface area contributed by atoms with Gasteiger partial charge in [0.15, 0.2) is 0 Å². The van der Waals surface area contributed by atoms with Crippen molar-refractivity contribution in [1.82, 2.24) is 0 Å². The number of aromatic hydroxyl groups is 1. The van der Waals surface area contributed by atoms with E-state index in [1.54, 1.807) is 22.6 Å². The zero-order valence-corrected chi connectivity index (χ0v) is 9.42. The summed E-state index contributed by atoms with van der Waals surface area (Å²) < 4.78 is 0.234. The Balaban J connectivity index is 3.23. The highest BCUT2D eigenvalue weighted by molar-refractivity contribution is 14.1. The van der Waals surface area contributed by atoms with Crippen LogP contribution in [0.25, 0.3) is 0 Å². The summed E-state index contributed by atoms with van der Waals surface area (Å²) in [7, 11) is 0. The zero-order valence-electron chi connectivity index (χ0n) is 7.27. The zero-order chi connectivity index (χ0) is 11.6. The predicted molar refractivity (Wildman–Crippen MR) is 56.2 cm³/mol. The Kier molecular flexibility index (Phi) is 3.45. The fraction of sp³-hybridized carbons (Fsp3) is 0.125. The van der Waals surface area contributed by atoms with Crippen molar-refractivity contribution in [2.24, 2.45) is 0 Å². The van der Waals surface area contributed by atoms with Crippen molar-refractivity contribution in [2.45, 2.75) is 6.42 Å². The molecule has 0 atom stereocenters. The van der Waals surface area contributed by atoms with Crippen LogP contribution in [-0.2, 0) is 11.2 Å². The number of carbonyl (C=O) groups is 1. The van der Waals surface area contributed by atoms with E-state index in [0.29, 0.717) is 0 Å². The minimum Gasteiger partial charge on any atom is -0.550 e. The molecule has 0 bridgehead atoms. The number of carboxylic acids is 1. The normalized spacial score (nSPS) is 9.93. The lowest BCUT2D eigenvalue weighted by molar-refractivity contribution is -0.386. The molecule has 0 unspecified atom stereocenters. The lowest BCUT2D eigenvalue weighted by Crippen LogP contribution is -2.24. The van der Waals surface area contributed by atoms with Crippen molar-refractivity contribution in [1.29, 1.82) is 0 Å². The first-order valence-corrected chi connectivity index (χ1v) is 4.85. The van der Waals surface area contributed by atoms with Crippen molar-refractivity contribution < 1.29 is 19.9 Å². The molecule has 0 saturated carbocycles. The first-order valence-electron chi connectivity index (χ1n) is 3.77. The molecule has 0 amide bonds. The van der Waals surface area contributed by atoms with Crippen LogP contribution in [0.5, 0.6) is 5.75 Å². The van der Waals surface area contributed by atoms with Gasteiger partial charge in [0.25, 0.3) is 0 Å². The highest BCUT2D eigenvalue weighted by Crippen LogP contribution is 2.32. The molecule has 1 aromatic rings. The largest absolute Gasteiger partial charge is 0.550 e. The molecule has 0 fully saturated rings. The van der Waals surface area contributed by atoms with E-state index in [0.717, 1.165) is 6.07 Å². The number of aliphatic carboxylic acids is 1. The molecule has 1 N–H and O–H groups in total. The van der Waals surface area contributed by atoms with Gasteiger partial charge < -0.3 is 15.0 Å². The molecular formula is C8H5INO5-. The van der Waals surface area contributed by atoms with Gasteiger partial charge in [-0.05, 0) is 34.2 Å². The number of hydrogen-bond donors (Lipinski definition) is 1. The van der Waals surface area contributed by atoms with Crippen LogP contribution in [0, 0.1) is 13.7 Å². The van der Waals surface area contributed by atoms with E-state index in [4.69, 9.17) is 0 Å². The number of phenolic OH excluding ortho intramolecular Hbond substituents is 1. The molecule has 0 aromatic heterocycles. The molecule has 0 spiro atoms. The van der Waals surface area contributed by atoms with Crippen LogP contribution in [0.1, 0.15) is 5.56 Å². The lowest BCUT2D eigenvalue weighted by Gasteiger charge is -2.05. The van der Waals surface area contributed by atoms with Gasteiger partial charge in [-0.3, -0.25) is 10.1 Å². The van der Waals surface area contributed by atoms with E-state index in [9.17, 15) is 25.1 Å². The van der Waals surface area contributed by atoms with Gasteiger partial charge in [0.2, 0.25) is 5.75 Å². The van der Waals surface area contributed by atoms with E-state index >= 15 is 0 Å². The number of nitro benzene ring substituents is 1. The first kappa shape index (κ1) is 11.7. The molecule has 15 heavy (non-hydrogen) atoms. The number of carbonyl (C=O) groups excluding carboxylic acids is 1. The number of benzene rings is 1. The average Bonchev–Trinajstić information content (AvgIpc) is 2.09. The van der Waals surface area contributed by atoms with Crippen molar-refractivity contribution in [3.05, 3.63) is 31.4 Å². The molecule has 7 heteroatoms. The maximum Gasteiger partial charge on any atom is 0.312 e. The van der Waals surface area contributed by atoms with Gasteiger partial charge in [-0.1, -0.05) is 0 Å². The summed E-state index contributed by atoms with van der Waals surface area (Å²) in [6, 6.07) is 2.38. The van der Waals surface area contributed by atoms with Gasteiger partial charge in [-0.15, -0.1) is 0 Å². The number of hydrogen-bond acceptors (Lipinski definition) is 5. The third-order valence-corrected chi connectivity index (χ3v) is 2.47. The molecule has 0 aliphatic carbocycles. The van der Waals surface area contributed by atoms with Crippen molar-refractivity contribution in [2.75, 3.05) is 0 Å². The molecular weight excluding hydrogens is 317 g/mol. The topological polar surface area (TPSA) is 104 Å². The standard InChI is InChI=1S/C8H6INO5/c9-5-1-4(3-7(11)12)2-6(8(5)13)10(14)15/h1-2,13H,3H2,(H,11,12)/p-1. The van der Waals surface area contributed by atoms with Crippen LogP contribution in [0.15, 0.2) is 12.1 Å². The van der Waals surface area contributed by atoms with Gasteiger partial charge in [-0.25, -0.2) is 0 Å². The van der Waals surface area contributed by atoms with Crippen LogP contribution in [0.3, 0.4) is 0 Å². The number of nitro groups is 1. The van der Waals surface area contributed by atoms with Gasteiger partial charge >= 0.3 is 5.69 Å². The van der Waals surface area contributed by atoms with E-state index in [2.05, 4.69) is 0 Å². The summed E-state index contributed by atoms with van der Waals surface area (Å²) in [4.78, 5) is 20.0. The number of carboxylic acid groups (broad SMARTS) is 1. The van der Waals surface area contributed by atoms with Crippen LogP contribution in [-0.4, -0.2) is 16.0 Å². The summed E-state index contributed by atoms with van der Waals surface area (Å²) in [5.74, 6) is -1.78. The number of nitrogens with zero attached hydrogens (tertiary/aromatic N) is 1. The van der Waals surface area contributed by atoms with Crippen LogP contribution in [0.4, 0.5) is 5.69 Å². The van der Waals surface area contributed by atoms with Gasteiger partial charge in [0.1, 0.15) is 0 Å². The Morgan fingerprint density at radius 3 is 2.60 bits per heavy atom. The Labute approximate surface area is 97.8 Å². The third kappa shape index (κ3) is 2.78. The quantitative estimate of drug-likeness (QED) is 0.486. The molecule has 80 valence electrons. The molecule has 0 radical (unpaired) electrons. The molecule has 0 heterocycles. The highest BCUT2D eigenvalue weighted by atomic mass is 127. The Morgan fingerprint density at radius 1 is 1.53 bits per heavy atom. The predicted octanol–water partition coefficient (Wildman–Crippen LogP) is 0.197. The molecule has 0 aliphatic rings. The minimum atomic E-state index is -1.33. The first-order chi connectivity index (χ1) is 6.91. The third-order valence-electron chi connectivity index (χ3n) is 1.65. The summed E-state index contributed by atoms with van der Waals surface area (Å²) in [5.41, 5.74) is -0.276. The van der Waals surface area contributed by atoms with Gasteiger partial charge in [-0.2, -0.15) is 0 Å². The maximum atomic E-state index is 10.5. The average molecular weight is 322 g/mol. The monoisotopic (exact) mass is 322 g/mol. The van der Waals surface area contributed by atoms with Crippen LogP contribution in [0.2, 0.25) is 0 Å². The SMILES string of the molecule is O=C([O-])Cc1cc(I)c(O)c([N+](=O)[O-])c1. The Bertz CT molecular complexity index is 431. The summed E-state index contributed by atoms with van der Waals surface area (Å²) in [6.45, 7) is 0. The molecule has 0 saturated heterocycles. The second-order valence-electron chi connectivity index (χ2n) is 2.75. The van der Waals surface area contributed by atoms with E-state index in [-0.39, 0.29) is 9.13 Å². The van der Waals surface area contributed by atoms with E-state index < -0.39 is 28.8 Å². The maximum absolute atomic E-state index is 10.5. The molecule has 1 aromatic carbocycles. The number of halogens is 1. The highest BCUT2D eigenvalue weighted by Gasteiger charge is 2.17. The Hall–Kier alpha value is -1.38.